The summed E-state index contributed by atoms with van der Waals surface area (Å²) in [5.41, 5.74) is 0. The monoisotopic (exact) mass is 295 g/mol. The van der Waals surface area contributed by atoms with E-state index in [9.17, 15) is 4.79 Å². The number of rotatable bonds is 5. The van der Waals surface area contributed by atoms with Crippen LogP contribution in [0.3, 0.4) is 0 Å². The molecule has 21 heavy (non-hydrogen) atoms. The van der Waals surface area contributed by atoms with Crippen molar-refractivity contribution in [3.63, 3.8) is 0 Å². The van der Waals surface area contributed by atoms with E-state index in [1.807, 2.05) is 0 Å². The summed E-state index contributed by atoms with van der Waals surface area (Å²) in [5.74, 6) is 0.291. The van der Waals surface area contributed by atoms with Gasteiger partial charge in [0.15, 0.2) is 0 Å². The summed E-state index contributed by atoms with van der Waals surface area (Å²) in [4.78, 5) is 17.0. The summed E-state index contributed by atoms with van der Waals surface area (Å²) < 4.78 is 5.79. The number of nitrogens with one attached hydrogen (secondary N) is 1. The molecule has 5 heteroatoms. The molecule has 3 aliphatic rings. The van der Waals surface area contributed by atoms with Gasteiger partial charge in [-0.05, 0) is 39.5 Å². The first-order valence-corrected chi connectivity index (χ1v) is 8.52. The number of ether oxygens (including phenoxy) is 1. The summed E-state index contributed by atoms with van der Waals surface area (Å²) >= 11 is 0. The minimum Gasteiger partial charge on any atom is -0.373 e. The van der Waals surface area contributed by atoms with Gasteiger partial charge >= 0.3 is 0 Å². The Morgan fingerprint density at radius 3 is 2.57 bits per heavy atom. The number of carbonyl (C=O) groups excluding carboxylic acids is 1. The molecule has 1 saturated carbocycles. The minimum absolute atomic E-state index is 0.291. The van der Waals surface area contributed by atoms with Gasteiger partial charge in [-0.3, -0.25) is 9.69 Å². The molecule has 0 spiro atoms. The fourth-order valence-corrected chi connectivity index (χ4v) is 3.71. The van der Waals surface area contributed by atoms with Crippen molar-refractivity contribution < 1.29 is 9.53 Å². The van der Waals surface area contributed by atoms with Gasteiger partial charge in [0.25, 0.3) is 0 Å². The lowest BCUT2D eigenvalue weighted by Crippen LogP contribution is -2.51. The molecular weight excluding hydrogens is 266 g/mol. The zero-order valence-corrected chi connectivity index (χ0v) is 13.4. The maximum atomic E-state index is 12.4. The number of likely N-dealkylation sites (tertiary alicyclic amines) is 1. The molecule has 2 aliphatic heterocycles. The molecular formula is C16H29N3O2. The first-order valence-electron chi connectivity index (χ1n) is 8.52. The van der Waals surface area contributed by atoms with E-state index in [4.69, 9.17) is 4.74 Å². The highest BCUT2D eigenvalue weighted by Gasteiger charge is 2.32. The molecule has 3 atom stereocenters. The van der Waals surface area contributed by atoms with Crippen LogP contribution in [0.15, 0.2) is 0 Å². The summed E-state index contributed by atoms with van der Waals surface area (Å²) in [6, 6.07) is 1.01. The van der Waals surface area contributed by atoms with Crippen molar-refractivity contribution in [1.82, 2.24) is 15.1 Å². The lowest BCUT2D eigenvalue weighted by molar-refractivity contribution is -0.132. The molecule has 0 radical (unpaired) electrons. The fourth-order valence-electron chi connectivity index (χ4n) is 3.71. The normalized spacial score (nSPS) is 34.4. The van der Waals surface area contributed by atoms with Gasteiger partial charge in [-0.2, -0.15) is 0 Å². The van der Waals surface area contributed by atoms with E-state index in [1.165, 1.54) is 12.8 Å². The molecule has 3 rings (SSSR count). The first-order chi connectivity index (χ1) is 10.1. The van der Waals surface area contributed by atoms with E-state index < -0.39 is 0 Å². The number of hydrogen-bond acceptors (Lipinski definition) is 4. The van der Waals surface area contributed by atoms with Gasteiger partial charge in [-0.25, -0.2) is 0 Å². The van der Waals surface area contributed by atoms with Crippen molar-refractivity contribution in [3.05, 3.63) is 0 Å². The predicted molar refractivity (Wildman–Crippen MR) is 82.2 cm³/mol. The molecule has 0 aromatic carbocycles. The van der Waals surface area contributed by atoms with Crippen molar-refractivity contribution in [2.75, 3.05) is 32.7 Å². The van der Waals surface area contributed by atoms with Gasteiger partial charge in [0.2, 0.25) is 5.91 Å². The maximum absolute atomic E-state index is 12.4. The van der Waals surface area contributed by atoms with Crippen LogP contribution in [0, 0.1) is 0 Å². The number of nitrogens with zero attached hydrogens (tertiary/aromatic N) is 2. The van der Waals surface area contributed by atoms with Crippen LogP contribution >= 0.6 is 0 Å². The minimum atomic E-state index is 0.291. The van der Waals surface area contributed by atoms with Gasteiger partial charge < -0.3 is 15.0 Å². The smallest absolute Gasteiger partial charge is 0.236 e. The second-order valence-electron chi connectivity index (χ2n) is 7.01. The zero-order valence-electron chi connectivity index (χ0n) is 13.4. The standard InChI is InChI=1S/C16H29N3O2/c1-12-9-18(10-13(2)21-12)11-15-4-3-7-19(15)16(20)8-17-14-5-6-14/h12-15,17H,3-11H2,1-2H3/t12-,13+,15-/m0/s1. The van der Waals surface area contributed by atoms with Crippen molar-refractivity contribution in [1.29, 1.82) is 0 Å². The van der Waals surface area contributed by atoms with E-state index in [2.05, 4.69) is 29.0 Å². The quantitative estimate of drug-likeness (QED) is 0.816. The molecule has 5 nitrogen and oxygen atoms in total. The van der Waals surface area contributed by atoms with Crippen LogP contribution in [-0.4, -0.2) is 72.7 Å². The Balaban J connectivity index is 1.49. The molecule has 1 amide bonds. The average molecular weight is 295 g/mol. The molecule has 2 saturated heterocycles. The summed E-state index contributed by atoms with van der Waals surface area (Å²) in [6.45, 7) is 8.72. The van der Waals surface area contributed by atoms with Crippen LogP contribution in [0.2, 0.25) is 0 Å². The Hall–Kier alpha value is -0.650. The van der Waals surface area contributed by atoms with Crippen molar-refractivity contribution in [2.45, 2.75) is 63.8 Å². The Morgan fingerprint density at radius 1 is 1.19 bits per heavy atom. The third-order valence-electron chi connectivity index (χ3n) is 4.78. The van der Waals surface area contributed by atoms with E-state index >= 15 is 0 Å². The summed E-state index contributed by atoms with van der Waals surface area (Å²) in [6.07, 6.45) is 5.37. The van der Waals surface area contributed by atoms with Gasteiger partial charge in [0, 0.05) is 38.3 Å². The molecule has 0 unspecified atom stereocenters. The number of hydrogen-bond donors (Lipinski definition) is 1. The zero-order chi connectivity index (χ0) is 14.8. The molecule has 3 fully saturated rings. The molecule has 0 aromatic heterocycles. The second kappa shape index (κ2) is 6.63. The van der Waals surface area contributed by atoms with E-state index in [-0.39, 0.29) is 0 Å². The SMILES string of the molecule is C[C@@H]1CN(C[C@@H]2CCCN2C(=O)CNC2CC2)C[C@H](C)O1. The van der Waals surface area contributed by atoms with Crippen LogP contribution < -0.4 is 5.32 Å². The largest absolute Gasteiger partial charge is 0.373 e. The number of carbonyl (C=O) groups is 1. The molecule has 120 valence electrons. The van der Waals surface area contributed by atoms with Gasteiger partial charge in [0.1, 0.15) is 0 Å². The summed E-state index contributed by atoms with van der Waals surface area (Å²) in [7, 11) is 0. The fraction of sp³-hybridized carbons (Fsp3) is 0.938. The highest BCUT2D eigenvalue weighted by Crippen LogP contribution is 2.22. The molecule has 1 N–H and O–H groups in total. The van der Waals surface area contributed by atoms with E-state index in [0.29, 0.717) is 36.7 Å². The average Bonchev–Trinajstić information content (AvgIpc) is 3.13. The van der Waals surface area contributed by atoms with Crippen LogP contribution in [0.25, 0.3) is 0 Å². The Kier molecular flexibility index (Phi) is 4.82. The predicted octanol–water partition coefficient (Wildman–Crippen LogP) is 0.839. The van der Waals surface area contributed by atoms with Gasteiger partial charge in [-0.1, -0.05) is 0 Å². The summed E-state index contributed by atoms with van der Waals surface area (Å²) in [5, 5.41) is 3.35. The first kappa shape index (κ1) is 15.3. The Bertz CT molecular complexity index is 363. The lowest BCUT2D eigenvalue weighted by Gasteiger charge is -2.38. The van der Waals surface area contributed by atoms with Crippen molar-refractivity contribution in [3.8, 4) is 0 Å². The molecule has 0 aromatic rings. The van der Waals surface area contributed by atoms with Crippen LogP contribution in [0.4, 0.5) is 0 Å². The van der Waals surface area contributed by atoms with Gasteiger partial charge in [0.05, 0.1) is 18.8 Å². The number of morpholine rings is 1. The third kappa shape index (κ3) is 4.18. The lowest BCUT2D eigenvalue weighted by atomic mass is 10.1. The molecule has 0 bridgehead atoms. The molecule has 1 aliphatic carbocycles. The highest BCUT2D eigenvalue weighted by atomic mass is 16.5. The second-order valence-corrected chi connectivity index (χ2v) is 7.01. The van der Waals surface area contributed by atoms with E-state index in [0.717, 1.165) is 39.0 Å². The van der Waals surface area contributed by atoms with E-state index in [1.54, 1.807) is 0 Å². The topological polar surface area (TPSA) is 44.8 Å². The Morgan fingerprint density at radius 2 is 1.90 bits per heavy atom. The maximum Gasteiger partial charge on any atom is 0.236 e. The highest BCUT2D eigenvalue weighted by molar-refractivity contribution is 5.79. The van der Waals surface area contributed by atoms with Crippen LogP contribution in [0.5, 0.6) is 0 Å². The van der Waals surface area contributed by atoms with Crippen molar-refractivity contribution >= 4 is 5.91 Å². The third-order valence-corrected chi connectivity index (χ3v) is 4.78. The van der Waals surface area contributed by atoms with Crippen molar-refractivity contribution in [2.24, 2.45) is 0 Å². The Labute approximate surface area is 128 Å². The van der Waals surface area contributed by atoms with Crippen LogP contribution in [-0.2, 0) is 9.53 Å². The van der Waals surface area contributed by atoms with Gasteiger partial charge in [-0.15, -0.1) is 0 Å². The number of amides is 1. The molecule has 2 heterocycles. The van der Waals surface area contributed by atoms with Crippen LogP contribution in [0.1, 0.15) is 39.5 Å².